The Kier molecular flexibility index (Phi) is 7.86. The van der Waals surface area contributed by atoms with Crippen LogP contribution in [0.3, 0.4) is 0 Å². The molecule has 5 nitrogen and oxygen atoms in total. The van der Waals surface area contributed by atoms with Crippen molar-refractivity contribution in [1.29, 1.82) is 0 Å². The lowest BCUT2D eigenvalue weighted by Crippen LogP contribution is -2.30. The van der Waals surface area contributed by atoms with Crippen LogP contribution in [0.15, 0.2) is 114 Å². The van der Waals surface area contributed by atoms with Gasteiger partial charge in [0.1, 0.15) is 0 Å². The van der Waals surface area contributed by atoms with E-state index in [1.54, 1.807) is 66.7 Å². The van der Waals surface area contributed by atoms with E-state index in [0.29, 0.717) is 11.3 Å². The van der Waals surface area contributed by atoms with Crippen LogP contribution in [-0.2, 0) is 23.0 Å². The summed E-state index contributed by atoms with van der Waals surface area (Å²) >= 11 is 0. The van der Waals surface area contributed by atoms with Crippen molar-refractivity contribution in [3.8, 4) is 0 Å². The molecule has 1 N–H and O–H groups in total. The molecule has 0 radical (unpaired) electrons. The highest BCUT2D eigenvalue weighted by Gasteiger charge is 2.25. The van der Waals surface area contributed by atoms with Crippen molar-refractivity contribution in [2.45, 2.75) is 37.8 Å². The van der Waals surface area contributed by atoms with Gasteiger partial charge in [-0.15, -0.1) is 0 Å². The normalized spacial score (nSPS) is 12.1. The van der Waals surface area contributed by atoms with Gasteiger partial charge in [0.25, 0.3) is 15.9 Å². The Morgan fingerprint density at radius 1 is 0.778 bits per heavy atom. The third-order valence-corrected chi connectivity index (χ3v) is 7.94. The Hall–Kier alpha value is -3.90. The SMILES string of the molecule is CCc1ccc([C@@H](C)NC(=O)c2ccc(CN(c3ccccc3)S(=O)(=O)c3ccccc3)cc2)cc1. The second-order valence-electron chi connectivity index (χ2n) is 8.65. The van der Waals surface area contributed by atoms with Crippen LogP contribution in [0.2, 0.25) is 0 Å². The zero-order chi connectivity index (χ0) is 25.5. The van der Waals surface area contributed by atoms with Crippen LogP contribution in [-0.4, -0.2) is 14.3 Å². The fourth-order valence-corrected chi connectivity index (χ4v) is 5.44. The number of carbonyl (C=O) groups excluding carboxylic acids is 1. The summed E-state index contributed by atoms with van der Waals surface area (Å²) in [4.78, 5) is 13.1. The number of rotatable bonds is 9. The minimum absolute atomic E-state index is 0.132. The number of sulfonamides is 1. The monoisotopic (exact) mass is 498 g/mol. The molecular formula is C30H30N2O3S. The second kappa shape index (κ2) is 11.2. The molecule has 6 heteroatoms. The molecule has 0 spiro atoms. The first-order valence-electron chi connectivity index (χ1n) is 12.0. The summed E-state index contributed by atoms with van der Waals surface area (Å²) < 4.78 is 28.3. The molecule has 0 aliphatic carbocycles. The highest BCUT2D eigenvalue weighted by atomic mass is 32.2. The van der Waals surface area contributed by atoms with E-state index in [1.807, 2.05) is 37.3 Å². The molecule has 0 aliphatic heterocycles. The molecule has 0 unspecified atom stereocenters. The van der Waals surface area contributed by atoms with Crippen molar-refractivity contribution in [2.75, 3.05) is 4.31 Å². The Labute approximate surface area is 213 Å². The van der Waals surface area contributed by atoms with E-state index < -0.39 is 10.0 Å². The van der Waals surface area contributed by atoms with E-state index in [-0.39, 0.29) is 23.4 Å². The predicted molar refractivity (Wildman–Crippen MR) is 144 cm³/mol. The fourth-order valence-electron chi connectivity index (χ4n) is 3.96. The summed E-state index contributed by atoms with van der Waals surface area (Å²) in [5.41, 5.74) is 4.17. The molecule has 0 bridgehead atoms. The van der Waals surface area contributed by atoms with Crippen LogP contribution in [0.1, 0.15) is 46.9 Å². The first-order chi connectivity index (χ1) is 17.4. The molecule has 36 heavy (non-hydrogen) atoms. The molecule has 0 saturated heterocycles. The van der Waals surface area contributed by atoms with Gasteiger partial charge in [-0.3, -0.25) is 9.10 Å². The highest BCUT2D eigenvalue weighted by Crippen LogP contribution is 2.26. The minimum Gasteiger partial charge on any atom is -0.346 e. The van der Waals surface area contributed by atoms with E-state index in [0.717, 1.165) is 17.5 Å². The van der Waals surface area contributed by atoms with E-state index in [1.165, 1.54) is 9.87 Å². The van der Waals surface area contributed by atoms with Gasteiger partial charge in [0.05, 0.1) is 23.2 Å². The summed E-state index contributed by atoms with van der Waals surface area (Å²) in [5.74, 6) is -0.176. The number of nitrogens with one attached hydrogen (secondary N) is 1. The average molecular weight is 499 g/mol. The van der Waals surface area contributed by atoms with Gasteiger partial charge < -0.3 is 5.32 Å². The maximum Gasteiger partial charge on any atom is 0.264 e. The topological polar surface area (TPSA) is 66.5 Å². The molecule has 4 aromatic rings. The van der Waals surface area contributed by atoms with Crippen molar-refractivity contribution in [3.63, 3.8) is 0 Å². The van der Waals surface area contributed by atoms with Gasteiger partial charge in [-0.1, -0.05) is 79.7 Å². The minimum atomic E-state index is -3.78. The Morgan fingerprint density at radius 2 is 1.33 bits per heavy atom. The summed E-state index contributed by atoms with van der Waals surface area (Å²) in [7, 11) is -3.78. The second-order valence-corrected chi connectivity index (χ2v) is 10.5. The number of amides is 1. The van der Waals surface area contributed by atoms with Gasteiger partial charge in [0, 0.05) is 5.56 Å². The lowest BCUT2D eigenvalue weighted by Gasteiger charge is -2.25. The Morgan fingerprint density at radius 3 is 1.92 bits per heavy atom. The smallest absolute Gasteiger partial charge is 0.264 e. The first kappa shape index (κ1) is 25.2. The quantitative estimate of drug-likeness (QED) is 0.302. The van der Waals surface area contributed by atoms with Gasteiger partial charge in [-0.25, -0.2) is 8.42 Å². The standard InChI is InChI=1S/C30H30N2O3S/c1-3-24-14-18-26(19-15-24)23(2)31-30(33)27-20-16-25(17-21-27)22-32(28-10-6-4-7-11-28)36(34,35)29-12-8-5-9-13-29/h4-21,23H,3,22H2,1-2H3,(H,31,33)/t23-/m1/s1. The van der Waals surface area contributed by atoms with Gasteiger partial charge in [0.2, 0.25) is 0 Å². The number of nitrogens with zero attached hydrogens (tertiary/aromatic N) is 1. The number of para-hydroxylation sites is 1. The van der Waals surface area contributed by atoms with Crippen molar-refractivity contribution >= 4 is 21.6 Å². The summed E-state index contributed by atoms with van der Waals surface area (Å²) in [6.07, 6.45) is 0.974. The molecule has 0 aliphatic rings. The first-order valence-corrected chi connectivity index (χ1v) is 13.4. The van der Waals surface area contributed by atoms with Crippen LogP contribution >= 0.6 is 0 Å². The van der Waals surface area contributed by atoms with E-state index >= 15 is 0 Å². The number of hydrogen-bond donors (Lipinski definition) is 1. The molecule has 184 valence electrons. The van der Waals surface area contributed by atoms with Gasteiger partial charge in [-0.2, -0.15) is 0 Å². The molecule has 0 aromatic heterocycles. The molecule has 1 atom stereocenters. The molecule has 0 saturated carbocycles. The van der Waals surface area contributed by atoms with Crippen LogP contribution in [0, 0.1) is 0 Å². The Balaban J connectivity index is 1.51. The average Bonchev–Trinajstić information content (AvgIpc) is 2.93. The zero-order valence-corrected chi connectivity index (χ0v) is 21.3. The maximum atomic E-state index is 13.5. The number of aryl methyl sites for hydroxylation is 1. The lowest BCUT2D eigenvalue weighted by atomic mass is 10.0. The van der Waals surface area contributed by atoms with Crippen molar-refractivity contribution in [1.82, 2.24) is 5.32 Å². The van der Waals surface area contributed by atoms with Crippen molar-refractivity contribution < 1.29 is 13.2 Å². The van der Waals surface area contributed by atoms with Crippen LogP contribution < -0.4 is 9.62 Å². The summed E-state index contributed by atoms with van der Waals surface area (Å²) in [6.45, 7) is 4.21. The van der Waals surface area contributed by atoms with Crippen LogP contribution in [0.25, 0.3) is 0 Å². The van der Waals surface area contributed by atoms with Gasteiger partial charge >= 0.3 is 0 Å². The Bertz CT molecular complexity index is 1390. The highest BCUT2D eigenvalue weighted by molar-refractivity contribution is 7.92. The van der Waals surface area contributed by atoms with Crippen LogP contribution in [0.5, 0.6) is 0 Å². The zero-order valence-electron chi connectivity index (χ0n) is 20.5. The fraction of sp³-hybridized carbons (Fsp3) is 0.167. The van der Waals surface area contributed by atoms with Gasteiger partial charge in [0.15, 0.2) is 0 Å². The van der Waals surface area contributed by atoms with Crippen molar-refractivity contribution in [3.05, 3.63) is 131 Å². The molecule has 1 amide bonds. The summed E-state index contributed by atoms with van der Waals surface area (Å²) in [6, 6.07) is 32.6. The number of hydrogen-bond acceptors (Lipinski definition) is 3. The number of carbonyl (C=O) groups is 1. The molecular weight excluding hydrogens is 468 g/mol. The number of benzene rings is 4. The lowest BCUT2D eigenvalue weighted by molar-refractivity contribution is 0.0940. The third kappa shape index (κ3) is 5.83. The molecule has 4 rings (SSSR count). The molecule has 0 heterocycles. The molecule has 4 aromatic carbocycles. The van der Waals surface area contributed by atoms with E-state index in [4.69, 9.17) is 0 Å². The predicted octanol–water partition coefficient (Wildman–Crippen LogP) is 6.14. The maximum absolute atomic E-state index is 13.5. The van der Waals surface area contributed by atoms with Crippen LogP contribution in [0.4, 0.5) is 5.69 Å². The third-order valence-electron chi connectivity index (χ3n) is 6.15. The van der Waals surface area contributed by atoms with E-state index in [9.17, 15) is 13.2 Å². The van der Waals surface area contributed by atoms with Crippen molar-refractivity contribution in [2.24, 2.45) is 0 Å². The molecule has 0 fully saturated rings. The van der Waals surface area contributed by atoms with Gasteiger partial charge in [-0.05, 0) is 66.4 Å². The largest absolute Gasteiger partial charge is 0.346 e. The number of anilines is 1. The van der Waals surface area contributed by atoms with E-state index in [2.05, 4.69) is 24.4 Å². The summed E-state index contributed by atoms with van der Waals surface area (Å²) in [5, 5.41) is 3.04.